The van der Waals surface area contributed by atoms with E-state index in [2.05, 4.69) is 10.1 Å². The predicted octanol–water partition coefficient (Wildman–Crippen LogP) is 2.51. The monoisotopic (exact) mass is 255 g/mol. The third kappa shape index (κ3) is 3.19. The quantitative estimate of drug-likeness (QED) is 0.677. The summed E-state index contributed by atoms with van der Waals surface area (Å²) in [6.07, 6.45) is 2.23. The van der Waals surface area contributed by atoms with E-state index in [1.165, 1.54) is 7.11 Å². The van der Waals surface area contributed by atoms with Crippen molar-refractivity contribution < 1.29 is 14.3 Å². The van der Waals surface area contributed by atoms with Crippen LogP contribution in [0.3, 0.4) is 0 Å². The van der Waals surface area contributed by atoms with E-state index in [9.17, 15) is 9.59 Å². The second-order valence-corrected chi connectivity index (χ2v) is 3.87. The number of hydrogen-bond donors (Lipinski definition) is 1. The van der Waals surface area contributed by atoms with Crippen LogP contribution in [0, 0.1) is 0 Å². The lowest BCUT2D eigenvalue weighted by atomic mass is 10.1. The molecule has 0 aliphatic heterocycles. The molecule has 0 atom stereocenters. The zero-order valence-electron chi connectivity index (χ0n) is 10.4. The molecule has 2 aromatic carbocycles. The van der Waals surface area contributed by atoms with Crippen LogP contribution in [0.15, 0.2) is 54.6 Å². The predicted molar refractivity (Wildman–Crippen MR) is 73.7 cm³/mol. The Labute approximate surface area is 110 Å². The van der Waals surface area contributed by atoms with Crippen LogP contribution in [0.5, 0.6) is 0 Å². The first-order chi connectivity index (χ1) is 9.20. The van der Waals surface area contributed by atoms with Crippen molar-refractivity contribution in [2.24, 2.45) is 0 Å². The van der Waals surface area contributed by atoms with E-state index in [0.29, 0.717) is 5.69 Å². The Hall–Kier alpha value is -2.62. The smallest absolute Gasteiger partial charge is 0.330 e. The SMILES string of the molecule is COC(=O)/C=C/C(=O)Nc1cccc2ccccc12. The second kappa shape index (κ2) is 5.82. The van der Waals surface area contributed by atoms with E-state index in [0.717, 1.165) is 22.9 Å². The molecule has 0 aliphatic rings. The van der Waals surface area contributed by atoms with Gasteiger partial charge < -0.3 is 10.1 Å². The summed E-state index contributed by atoms with van der Waals surface area (Å²) in [5, 5.41) is 4.72. The zero-order valence-corrected chi connectivity index (χ0v) is 10.4. The van der Waals surface area contributed by atoms with Crippen molar-refractivity contribution in [3.05, 3.63) is 54.6 Å². The number of esters is 1. The average molecular weight is 255 g/mol. The molecule has 0 aromatic heterocycles. The van der Waals surface area contributed by atoms with Gasteiger partial charge in [-0.1, -0.05) is 36.4 Å². The molecule has 0 unspecified atom stereocenters. The van der Waals surface area contributed by atoms with Gasteiger partial charge in [-0.25, -0.2) is 4.79 Å². The maximum atomic E-state index is 11.7. The van der Waals surface area contributed by atoms with E-state index in [4.69, 9.17) is 0 Å². The lowest BCUT2D eigenvalue weighted by Crippen LogP contribution is -2.09. The number of hydrogen-bond acceptors (Lipinski definition) is 3. The number of methoxy groups -OCH3 is 1. The largest absolute Gasteiger partial charge is 0.466 e. The van der Waals surface area contributed by atoms with E-state index < -0.39 is 5.97 Å². The Kier molecular flexibility index (Phi) is 3.93. The number of benzene rings is 2. The van der Waals surface area contributed by atoms with Crippen LogP contribution in [0.25, 0.3) is 10.8 Å². The van der Waals surface area contributed by atoms with Crippen molar-refractivity contribution in [3.63, 3.8) is 0 Å². The first-order valence-corrected chi connectivity index (χ1v) is 5.75. The lowest BCUT2D eigenvalue weighted by molar-refractivity contribution is -0.135. The van der Waals surface area contributed by atoms with Crippen molar-refractivity contribution in [2.45, 2.75) is 0 Å². The molecule has 0 heterocycles. The second-order valence-electron chi connectivity index (χ2n) is 3.87. The molecule has 0 aliphatic carbocycles. The Morgan fingerprint density at radius 3 is 2.58 bits per heavy atom. The van der Waals surface area contributed by atoms with E-state index in [-0.39, 0.29) is 5.91 Å². The van der Waals surface area contributed by atoms with Crippen LogP contribution >= 0.6 is 0 Å². The standard InChI is InChI=1S/C15H13NO3/c1-19-15(18)10-9-14(17)16-13-8-4-6-11-5-2-3-7-12(11)13/h2-10H,1H3,(H,16,17)/b10-9+. The molecule has 1 N–H and O–H groups in total. The summed E-state index contributed by atoms with van der Waals surface area (Å²) in [7, 11) is 1.26. The van der Waals surface area contributed by atoms with Gasteiger partial charge in [-0.15, -0.1) is 0 Å². The highest BCUT2D eigenvalue weighted by Crippen LogP contribution is 2.22. The Balaban J connectivity index is 2.20. The van der Waals surface area contributed by atoms with Crippen LogP contribution in [0.1, 0.15) is 0 Å². The number of rotatable bonds is 3. The number of fused-ring (bicyclic) bond motifs is 1. The average Bonchev–Trinajstić information content (AvgIpc) is 2.45. The van der Waals surface area contributed by atoms with E-state index in [1.54, 1.807) is 0 Å². The summed E-state index contributed by atoms with van der Waals surface area (Å²) in [5.41, 5.74) is 0.706. The number of amides is 1. The zero-order chi connectivity index (χ0) is 13.7. The van der Waals surface area contributed by atoms with Crippen molar-refractivity contribution in [1.82, 2.24) is 0 Å². The summed E-state index contributed by atoms with van der Waals surface area (Å²) >= 11 is 0. The van der Waals surface area contributed by atoms with Gasteiger partial charge in [0.25, 0.3) is 0 Å². The molecule has 19 heavy (non-hydrogen) atoms. The number of anilines is 1. The molecule has 0 saturated carbocycles. The molecule has 1 amide bonds. The minimum Gasteiger partial charge on any atom is -0.466 e. The fourth-order valence-electron chi connectivity index (χ4n) is 1.72. The summed E-state index contributed by atoms with van der Waals surface area (Å²) in [5.74, 6) is -0.935. The third-order valence-electron chi connectivity index (χ3n) is 2.62. The van der Waals surface area contributed by atoms with Crippen LogP contribution in [-0.4, -0.2) is 19.0 Å². The molecular formula is C15H13NO3. The molecular weight excluding hydrogens is 242 g/mol. The van der Waals surface area contributed by atoms with Gasteiger partial charge in [0.05, 0.1) is 7.11 Å². The minimum absolute atomic E-state index is 0.373. The van der Waals surface area contributed by atoms with Gasteiger partial charge >= 0.3 is 5.97 Å². The minimum atomic E-state index is -0.562. The van der Waals surface area contributed by atoms with Gasteiger partial charge in [-0.2, -0.15) is 0 Å². The molecule has 4 heteroatoms. The molecule has 4 nitrogen and oxygen atoms in total. The maximum Gasteiger partial charge on any atom is 0.330 e. The highest BCUT2D eigenvalue weighted by Gasteiger charge is 2.03. The number of carbonyl (C=O) groups excluding carboxylic acids is 2. The summed E-state index contributed by atoms with van der Waals surface area (Å²) in [4.78, 5) is 22.6. The van der Waals surface area contributed by atoms with E-state index >= 15 is 0 Å². The van der Waals surface area contributed by atoms with Crippen LogP contribution in [0.4, 0.5) is 5.69 Å². The number of nitrogens with one attached hydrogen (secondary N) is 1. The maximum absolute atomic E-state index is 11.7. The number of ether oxygens (including phenoxy) is 1. The van der Waals surface area contributed by atoms with Gasteiger partial charge in [0.15, 0.2) is 0 Å². The van der Waals surface area contributed by atoms with E-state index in [1.807, 2.05) is 42.5 Å². The number of carbonyl (C=O) groups is 2. The normalized spacial score (nSPS) is 10.6. The molecule has 0 fully saturated rings. The van der Waals surface area contributed by atoms with Crippen molar-refractivity contribution >= 4 is 28.3 Å². The molecule has 0 radical (unpaired) electrons. The molecule has 0 saturated heterocycles. The first-order valence-electron chi connectivity index (χ1n) is 5.75. The topological polar surface area (TPSA) is 55.4 Å². The van der Waals surface area contributed by atoms with Crippen molar-refractivity contribution in [2.75, 3.05) is 12.4 Å². The molecule has 0 spiro atoms. The lowest BCUT2D eigenvalue weighted by Gasteiger charge is -2.06. The molecule has 2 aromatic rings. The molecule has 2 rings (SSSR count). The fourth-order valence-corrected chi connectivity index (χ4v) is 1.72. The summed E-state index contributed by atoms with van der Waals surface area (Å²) in [6.45, 7) is 0. The van der Waals surface area contributed by atoms with Gasteiger partial charge in [-0.05, 0) is 11.5 Å². The molecule has 0 bridgehead atoms. The highest BCUT2D eigenvalue weighted by atomic mass is 16.5. The van der Waals surface area contributed by atoms with Gasteiger partial charge in [0.1, 0.15) is 0 Å². The van der Waals surface area contributed by atoms with Gasteiger partial charge in [0.2, 0.25) is 5.91 Å². The first kappa shape index (κ1) is 12.8. The van der Waals surface area contributed by atoms with Crippen molar-refractivity contribution in [3.8, 4) is 0 Å². The summed E-state index contributed by atoms with van der Waals surface area (Å²) in [6, 6.07) is 13.4. The summed E-state index contributed by atoms with van der Waals surface area (Å²) < 4.78 is 4.42. The van der Waals surface area contributed by atoms with Gasteiger partial charge in [-0.3, -0.25) is 4.79 Å². The Bertz CT molecular complexity index is 641. The van der Waals surface area contributed by atoms with Crippen LogP contribution < -0.4 is 5.32 Å². The van der Waals surface area contributed by atoms with Crippen LogP contribution in [-0.2, 0) is 14.3 Å². The molecule has 96 valence electrons. The fraction of sp³-hybridized carbons (Fsp3) is 0.0667. The van der Waals surface area contributed by atoms with Crippen LogP contribution in [0.2, 0.25) is 0 Å². The van der Waals surface area contributed by atoms with Crippen molar-refractivity contribution in [1.29, 1.82) is 0 Å². The van der Waals surface area contributed by atoms with Gasteiger partial charge in [0, 0.05) is 23.2 Å². The third-order valence-corrected chi connectivity index (χ3v) is 2.62. The Morgan fingerprint density at radius 1 is 1.05 bits per heavy atom. The Morgan fingerprint density at radius 2 is 1.79 bits per heavy atom. The highest BCUT2D eigenvalue weighted by molar-refractivity contribution is 6.07.